The topological polar surface area (TPSA) is 47.6 Å². The average Bonchev–Trinajstić information content (AvgIpc) is 2.54. The van der Waals surface area contributed by atoms with Crippen LogP contribution >= 0.6 is 0 Å². The largest absolute Gasteiger partial charge is 0.573 e. The van der Waals surface area contributed by atoms with Crippen LogP contribution in [0.25, 0.3) is 0 Å². The molecule has 4 nitrogen and oxygen atoms in total. The highest BCUT2D eigenvalue weighted by atomic mass is 19.4. The van der Waals surface area contributed by atoms with E-state index in [0.29, 0.717) is 12.2 Å². The van der Waals surface area contributed by atoms with Gasteiger partial charge in [-0.2, -0.15) is 0 Å². The Morgan fingerprint density at radius 3 is 2.33 bits per heavy atom. The summed E-state index contributed by atoms with van der Waals surface area (Å²) < 4.78 is 46.7. The molecule has 0 aliphatic heterocycles. The van der Waals surface area contributed by atoms with Crippen molar-refractivity contribution in [2.75, 3.05) is 5.32 Å². The lowest BCUT2D eigenvalue weighted by atomic mass is 10.2. The molecule has 0 bridgehead atoms. The molecule has 0 unspecified atom stereocenters. The summed E-state index contributed by atoms with van der Waals surface area (Å²) in [5, 5.41) is 2.42. The Morgan fingerprint density at radius 2 is 1.71 bits per heavy atom. The number of para-hydroxylation sites is 3. The van der Waals surface area contributed by atoms with Gasteiger partial charge < -0.3 is 14.8 Å². The van der Waals surface area contributed by atoms with E-state index in [4.69, 9.17) is 4.74 Å². The minimum atomic E-state index is -4.84. The molecule has 0 saturated carbocycles. The van der Waals surface area contributed by atoms with Gasteiger partial charge in [0.1, 0.15) is 5.75 Å². The number of anilines is 1. The van der Waals surface area contributed by atoms with E-state index in [1.54, 1.807) is 37.3 Å². The number of carbonyl (C=O) groups is 1. The van der Waals surface area contributed by atoms with Crippen molar-refractivity contribution in [3.63, 3.8) is 0 Å². The van der Waals surface area contributed by atoms with Crippen molar-refractivity contribution in [1.82, 2.24) is 0 Å². The predicted molar refractivity (Wildman–Crippen MR) is 82.9 cm³/mol. The molecule has 0 heterocycles. The number of halogens is 3. The van der Waals surface area contributed by atoms with Gasteiger partial charge in [0.15, 0.2) is 11.9 Å². The highest BCUT2D eigenvalue weighted by Crippen LogP contribution is 2.30. The number of benzene rings is 2. The minimum absolute atomic E-state index is 0.0741. The Morgan fingerprint density at radius 1 is 1.08 bits per heavy atom. The van der Waals surface area contributed by atoms with E-state index < -0.39 is 24.1 Å². The zero-order valence-electron chi connectivity index (χ0n) is 12.8. The van der Waals surface area contributed by atoms with Crippen molar-refractivity contribution in [2.24, 2.45) is 0 Å². The third-order valence-electron chi connectivity index (χ3n) is 3.06. The van der Waals surface area contributed by atoms with Crippen LogP contribution in [0.5, 0.6) is 11.5 Å². The highest BCUT2D eigenvalue weighted by Gasteiger charge is 2.32. The normalized spacial score (nSPS) is 12.3. The molecule has 0 aromatic heterocycles. The lowest BCUT2D eigenvalue weighted by molar-refractivity contribution is -0.274. The van der Waals surface area contributed by atoms with E-state index in [1.165, 1.54) is 18.2 Å². The molecular formula is C17H16F3NO3. The fourth-order valence-electron chi connectivity index (χ4n) is 1.98. The predicted octanol–water partition coefficient (Wildman–Crippen LogP) is 4.38. The van der Waals surface area contributed by atoms with Crippen molar-refractivity contribution in [2.45, 2.75) is 25.8 Å². The van der Waals surface area contributed by atoms with Crippen molar-refractivity contribution < 1.29 is 27.4 Å². The van der Waals surface area contributed by atoms with E-state index in [2.05, 4.69) is 10.1 Å². The van der Waals surface area contributed by atoms with Gasteiger partial charge in [-0.15, -0.1) is 13.2 Å². The van der Waals surface area contributed by atoms with E-state index in [0.717, 1.165) is 6.07 Å². The molecule has 2 aromatic rings. The highest BCUT2D eigenvalue weighted by molar-refractivity contribution is 5.95. The summed E-state index contributed by atoms with van der Waals surface area (Å²) in [5.74, 6) is -0.535. The zero-order chi connectivity index (χ0) is 17.6. The fraction of sp³-hybridized carbons (Fsp3) is 0.235. The lowest BCUT2D eigenvalue weighted by Gasteiger charge is -2.19. The first kappa shape index (κ1) is 17.7. The zero-order valence-corrected chi connectivity index (χ0v) is 12.8. The summed E-state index contributed by atoms with van der Waals surface area (Å²) in [5.41, 5.74) is -0.0741. The number of amides is 1. The van der Waals surface area contributed by atoms with Gasteiger partial charge >= 0.3 is 6.36 Å². The molecule has 0 saturated heterocycles. The molecule has 0 aliphatic rings. The van der Waals surface area contributed by atoms with E-state index >= 15 is 0 Å². The molecule has 1 atom stereocenters. The fourth-order valence-corrected chi connectivity index (χ4v) is 1.98. The molecule has 7 heteroatoms. The van der Waals surface area contributed by atoms with Gasteiger partial charge in [-0.25, -0.2) is 0 Å². The Bertz CT molecular complexity index is 674. The van der Waals surface area contributed by atoms with Crippen LogP contribution in [0.2, 0.25) is 0 Å². The van der Waals surface area contributed by atoms with Crippen molar-refractivity contribution >= 4 is 11.6 Å². The Kier molecular flexibility index (Phi) is 5.68. The van der Waals surface area contributed by atoms with Crippen molar-refractivity contribution in [3.8, 4) is 11.5 Å². The smallest absolute Gasteiger partial charge is 0.481 e. The lowest BCUT2D eigenvalue weighted by Crippen LogP contribution is -2.32. The summed E-state index contributed by atoms with van der Waals surface area (Å²) in [4.78, 5) is 12.3. The summed E-state index contributed by atoms with van der Waals surface area (Å²) >= 11 is 0. The quantitative estimate of drug-likeness (QED) is 0.849. The summed E-state index contributed by atoms with van der Waals surface area (Å²) in [6.07, 6.45) is -5.33. The van der Waals surface area contributed by atoms with Crippen LogP contribution in [0, 0.1) is 0 Å². The third-order valence-corrected chi connectivity index (χ3v) is 3.06. The second kappa shape index (κ2) is 7.72. The minimum Gasteiger partial charge on any atom is -0.481 e. The van der Waals surface area contributed by atoms with Gasteiger partial charge in [-0.05, 0) is 30.7 Å². The van der Waals surface area contributed by atoms with E-state index in [1.807, 2.05) is 0 Å². The van der Waals surface area contributed by atoms with Crippen LogP contribution in [0.1, 0.15) is 13.3 Å². The van der Waals surface area contributed by atoms with Crippen molar-refractivity contribution in [3.05, 3.63) is 54.6 Å². The first-order chi connectivity index (χ1) is 11.4. The maximum Gasteiger partial charge on any atom is 0.573 e. The van der Waals surface area contributed by atoms with Gasteiger partial charge in [0.2, 0.25) is 0 Å². The van der Waals surface area contributed by atoms with E-state index in [-0.39, 0.29) is 5.69 Å². The molecule has 2 aromatic carbocycles. The average molecular weight is 339 g/mol. The standard InChI is InChI=1S/C17H16F3NO3/c1-2-14(23-12-8-4-3-5-9-12)16(22)21-13-10-6-7-11-15(13)24-17(18,19)20/h3-11,14H,2H2,1H3,(H,21,22)/t14-/m1/s1. The maximum absolute atomic E-state index is 12.4. The number of rotatable bonds is 6. The number of carbonyl (C=O) groups excluding carboxylic acids is 1. The molecule has 24 heavy (non-hydrogen) atoms. The molecule has 128 valence electrons. The molecule has 1 N–H and O–H groups in total. The Hall–Kier alpha value is -2.70. The maximum atomic E-state index is 12.4. The molecule has 0 spiro atoms. The first-order valence-corrected chi connectivity index (χ1v) is 7.26. The Balaban J connectivity index is 2.10. The van der Waals surface area contributed by atoms with E-state index in [9.17, 15) is 18.0 Å². The van der Waals surface area contributed by atoms with Crippen LogP contribution in [-0.4, -0.2) is 18.4 Å². The number of ether oxygens (including phenoxy) is 2. The monoisotopic (exact) mass is 339 g/mol. The number of alkyl halides is 3. The van der Waals surface area contributed by atoms with Gasteiger partial charge in [0, 0.05) is 0 Å². The Labute approximate surface area is 137 Å². The molecule has 0 fully saturated rings. The third kappa shape index (κ3) is 5.19. The molecule has 1 amide bonds. The van der Waals surface area contributed by atoms with Crippen molar-refractivity contribution in [1.29, 1.82) is 0 Å². The van der Waals surface area contributed by atoms with Gasteiger partial charge in [0.05, 0.1) is 5.69 Å². The number of hydrogen-bond acceptors (Lipinski definition) is 3. The summed E-state index contributed by atoms with van der Waals surface area (Å²) in [6, 6.07) is 14.0. The first-order valence-electron chi connectivity index (χ1n) is 7.26. The van der Waals surface area contributed by atoms with Crippen LogP contribution in [0.15, 0.2) is 54.6 Å². The van der Waals surface area contributed by atoms with Crippen LogP contribution in [0.4, 0.5) is 18.9 Å². The molecule has 2 rings (SSSR count). The van der Waals surface area contributed by atoms with Crippen LogP contribution in [0.3, 0.4) is 0 Å². The molecule has 0 aliphatic carbocycles. The summed E-state index contributed by atoms with van der Waals surface area (Å²) in [7, 11) is 0. The summed E-state index contributed by atoms with van der Waals surface area (Å²) in [6.45, 7) is 1.74. The van der Waals surface area contributed by atoms with Gasteiger partial charge in [0.25, 0.3) is 5.91 Å². The van der Waals surface area contributed by atoms with Crippen LogP contribution < -0.4 is 14.8 Å². The van der Waals surface area contributed by atoms with Gasteiger partial charge in [-0.1, -0.05) is 37.3 Å². The second-order valence-electron chi connectivity index (χ2n) is 4.86. The van der Waals surface area contributed by atoms with Gasteiger partial charge in [-0.3, -0.25) is 4.79 Å². The number of nitrogens with one attached hydrogen (secondary N) is 1. The van der Waals surface area contributed by atoms with Crippen LogP contribution in [-0.2, 0) is 4.79 Å². The molecular weight excluding hydrogens is 323 g/mol. The number of hydrogen-bond donors (Lipinski definition) is 1. The molecule has 0 radical (unpaired) electrons. The second-order valence-corrected chi connectivity index (χ2v) is 4.86. The SMILES string of the molecule is CC[C@@H](Oc1ccccc1)C(=O)Nc1ccccc1OC(F)(F)F.